The number of pyridine rings is 1. The molecule has 0 saturated heterocycles. The normalized spacial score (nSPS) is 14.3. The quantitative estimate of drug-likeness (QED) is 0.217. The second kappa shape index (κ2) is 14.7. The molecule has 2 atom stereocenters. The molecule has 0 saturated carbocycles. The van der Waals surface area contributed by atoms with Gasteiger partial charge in [0, 0.05) is 11.9 Å². The predicted octanol–water partition coefficient (Wildman–Crippen LogP) is 5.01. The zero-order chi connectivity index (χ0) is 23.3. The maximum Gasteiger partial charge on any atom is 0.311 e. The highest BCUT2D eigenvalue weighted by molar-refractivity contribution is 8.76. The summed E-state index contributed by atoms with van der Waals surface area (Å²) in [5, 5.41) is 9.89. The smallest absolute Gasteiger partial charge is 0.311 e. The average molecular weight is 472 g/mol. The molecule has 0 aliphatic carbocycles. The lowest BCUT2D eigenvalue weighted by Gasteiger charge is -2.31. The molecule has 0 aliphatic heterocycles. The van der Waals surface area contributed by atoms with Gasteiger partial charge in [-0.25, -0.2) is 4.98 Å². The Morgan fingerprint density at radius 1 is 1.16 bits per heavy atom. The third kappa shape index (κ3) is 10.7. The molecule has 0 radical (unpaired) electrons. The fourth-order valence-corrected chi connectivity index (χ4v) is 5.19. The van der Waals surface area contributed by atoms with Crippen LogP contribution in [0.3, 0.4) is 0 Å². The molecule has 0 fully saturated rings. The number of ether oxygens (including phenoxy) is 2. The summed E-state index contributed by atoms with van der Waals surface area (Å²) in [4.78, 5) is 29.6. The molecule has 1 N–H and O–H groups in total. The van der Waals surface area contributed by atoms with E-state index in [0.29, 0.717) is 37.5 Å². The van der Waals surface area contributed by atoms with E-state index >= 15 is 0 Å². The summed E-state index contributed by atoms with van der Waals surface area (Å²) in [6.45, 7) is 10.2. The number of hydrogen-bond donors (Lipinski definition) is 1. The fraction of sp³-hybridized carbons (Fsp3) is 0.696. The molecule has 0 aliphatic rings. The number of esters is 2. The molecule has 176 valence electrons. The SMILES string of the molecule is CC(C)CC(C)(CCC(C(=O)OCCSSc1ccccn1)C(C)C)C(=O)OCCO. The van der Waals surface area contributed by atoms with E-state index in [1.165, 1.54) is 0 Å². The van der Waals surface area contributed by atoms with E-state index in [1.54, 1.807) is 27.8 Å². The Balaban J connectivity index is 2.55. The van der Waals surface area contributed by atoms with Crippen molar-refractivity contribution in [3.8, 4) is 0 Å². The molecular formula is C23H37NO5S2. The Bertz CT molecular complexity index is 657. The van der Waals surface area contributed by atoms with Gasteiger partial charge >= 0.3 is 11.9 Å². The van der Waals surface area contributed by atoms with Crippen LogP contribution >= 0.6 is 21.6 Å². The van der Waals surface area contributed by atoms with E-state index in [-0.39, 0.29) is 37.0 Å². The highest BCUT2D eigenvalue weighted by Crippen LogP contribution is 2.36. The summed E-state index contributed by atoms with van der Waals surface area (Å²) in [5.41, 5.74) is -0.689. The number of aliphatic hydroxyl groups is 1. The molecule has 31 heavy (non-hydrogen) atoms. The van der Waals surface area contributed by atoms with Gasteiger partial charge in [-0.05, 0) is 60.9 Å². The van der Waals surface area contributed by atoms with Gasteiger partial charge in [-0.2, -0.15) is 0 Å². The molecule has 8 heteroatoms. The van der Waals surface area contributed by atoms with Crippen LogP contribution in [-0.4, -0.2) is 47.6 Å². The van der Waals surface area contributed by atoms with Crippen molar-refractivity contribution in [1.29, 1.82) is 0 Å². The minimum Gasteiger partial charge on any atom is -0.465 e. The highest BCUT2D eigenvalue weighted by Gasteiger charge is 2.37. The van der Waals surface area contributed by atoms with Gasteiger partial charge in [0.1, 0.15) is 18.2 Å². The molecule has 1 aromatic rings. The van der Waals surface area contributed by atoms with Crippen LogP contribution in [0.25, 0.3) is 0 Å². The summed E-state index contributed by atoms with van der Waals surface area (Å²) in [6, 6.07) is 5.76. The van der Waals surface area contributed by atoms with Crippen LogP contribution < -0.4 is 0 Å². The van der Waals surface area contributed by atoms with E-state index in [0.717, 1.165) is 5.03 Å². The average Bonchev–Trinajstić information content (AvgIpc) is 2.71. The maximum absolute atomic E-state index is 12.7. The Kier molecular flexibility index (Phi) is 13.2. The van der Waals surface area contributed by atoms with Gasteiger partial charge in [-0.1, -0.05) is 44.6 Å². The second-order valence-corrected chi connectivity index (χ2v) is 11.1. The molecule has 1 heterocycles. The molecule has 1 aromatic heterocycles. The van der Waals surface area contributed by atoms with Gasteiger partial charge in [0.15, 0.2) is 0 Å². The zero-order valence-corrected chi connectivity index (χ0v) is 21.0. The minimum absolute atomic E-state index is 0.00362. The summed E-state index contributed by atoms with van der Waals surface area (Å²) < 4.78 is 10.8. The molecule has 6 nitrogen and oxygen atoms in total. The van der Waals surface area contributed by atoms with Crippen molar-refractivity contribution in [3.63, 3.8) is 0 Å². The Labute approximate surface area is 194 Å². The summed E-state index contributed by atoms with van der Waals surface area (Å²) in [7, 11) is 3.16. The van der Waals surface area contributed by atoms with Gasteiger partial charge in [0.25, 0.3) is 0 Å². The van der Waals surface area contributed by atoms with E-state index in [9.17, 15) is 9.59 Å². The molecule has 0 amide bonds. The lowest BCUT2D eigenvalue weighted by atomic mass is 9.75. The van der Waals surface area contributed by atoms with Crippen molar-refractivity contribution in [2.24, 2.45) is 23.2 Å². The Morgan fingerprint density at radius 3 is 2.48 bits per heavy atom. The fourth-order valence-electron chi connectivity index (χ4n) is 3.48. The van der Waals surface area contributed by atoms with Crippen molar-refractivity contribution < 1.29 is 24.2 Å². The standard InChI is InChI=1S/C23H37NO5S2/c1-17(2)16-23(5,22(27)29-13-12-25)10-9-19(18(3)4)21(26)28-14-15-30-31-20-8-6-7-11-24-20/h6-8,11,17-19,25H,9-10,12-16H2,1-5H3. The van der Waals surface area contributed by atoms with Gasteiger partial charge in [-0.3, -0.25) is 9.59 Å². The maximum atomic E-state index is 12.7. The van der Waals surface area contributed by atoms with Crippen molar-refractivity contribution in [2.45, 2.75) is 58.9 Å². The summed E-state index contributed by atoms with van der Waals surface area (Å²) in [6.07, 6.45) is 3.52. The van der Waals surface area contributed by atoms with E-state index in [2.05, 4.69) is 18.8 Å². The number of carbonyl (C=O) groups is 2. The number of aromatic nitrogens is 1. The second-order valence-electron chi connectivity index (χ2n) is 8.65. The predicted molar refractivity (Wildman–Crippen MR) is 127 cm³/mol. The van der Waals surface area contributed by atoms with Crippen molar-refractivity contribution >= 4 is 33.5 Å². The lowest BCUT2D eigenvalue weighted by molar-refractivity contribution is -0.159. The summed E-state index contributed by atoms with van der Waals surface area (Å²) >= 11 is 0. The van der Waals surface area contributed by atoms with Gasteiger partial charge < -0.3 is 14.6 Å². The summed E-state index contributed by atoms with van der Waals surface area (Å²) in [5.74, 6) is 0.300. The number of aliphatic hydroxyl groups excluding tert-OH is 1. The van der Waals surface area contributed by atoms with Crippen LogP contribution in [0.5, 0.6) is 0 Å². The van der Waals surface area contributed by atoms with Crippen LogP contribution in [0.2, 0.25) is 0 Å². The number of carbonyl (C=O) groups excluding carboxylic acids is 2. The van der Waals surface area contributed by atoms with Gasteiger partial charge in [-0.15, -0.1) is 0 Å². The third-order valence-electron chi connectivity index (χ3n) is 4.98. The monoisotopic (exact) mass is 471 g/mol. The Hall–Kier alpha value is -1.25. The first-order chi connectivity index (χ1) is 14.7. The Morgan fingerprint density at radius 2 is 1.90 bits per heavy atom. The molecule has 0 spiro atoms. The van der Waals surface area contributed by atoms with Gasteiger partial charge in [0.05, 0.1) is 17.9 Å². The van der Waals surface area contributed by atoms with Crippen LogP contribution in [0.4, 0.5) is 0 Å². The van der Waals surface area contributed by atoms with Crippen molar-refractivity contribution in [3.05, 3.63) is 24.4 Å². The van der Waals surface area contributed by atoms with Crippen LogP contribution in [-0.2, 0) is 19.1 Å². The minimum atomic E-state index is -0.689. The van der Waals surface area contributed by atoms with E-state index in [4.69, 9.17) is 14.6 Å². The molecule has 0 aromatic carbocycles. The largest absolute Gasteiger partial charge is 0.465 e. The van der Waals surface area contributed by atoms with Crippen LogP contribution in [0, 0.1) is 23.2 Å². The number of nitrogens with zero attached hydrogens (tertiary/aromatic N) is 1. The first-order valence-corrected chi connectivity index (χ1v) is 13.2. The zero-order valence-electron chi connectivity index (χ0n) is 19.3. The first-order valence-electron chi connectivity index (χ1n) is 10.8. The number of rotatable bonds is 15. The van der Waals surface area contributed by atoms with E-state index < -0.39 is 5.41 Å². The lowest BCUT2D eigenvalue weighted by Crippen LogP contribution is -2.34. The topological polar surface area (TPSA) is 85.7 Å². The van der Waals surface area contributed by atoms with Crippen molar-refractivity contribution in [1.82, 2.24) is 4.98 Å². The van der Waals surface area contributed by atoms with E-state index in [1.807, 2.05) is 39.0 Å². The molecule has 0 bridgehead atoms. The highest BCUT2D eigenvalue weighted by atomic mass is 33.1. The van der Waals surface area contributed by atoms with Crippen LogP contribution in [0.15, 0.2) is 29.4 Å². The molecular weight excluding hydrogens is 434 g/mol. The van der Waals surface area contributed by atoms with Crippen LogP contribution in [0.1, 0.15) is 53.9 Å². The molecule has 2 unspecified atom stereocenters. The first kappa shape index (κ1) is 27.8. The molecule has 1 rings (SSSR count). The third-order valence-corrected chi connectivity index (χ3v) is 7.21. The van der Waals surface area contributed by atoms with Crippen molar-refractivity contribution in [2.75, 3.05) is 25.6 Å². The number of hydrogen-bond acceptors (Lipinski definition) is 8. The van der Waals surface area contributed by atoms with Gasteiger partial charge in [0.2, 0.25) is 0 Å².